The summed E-state index contributed by atoms with van der Waals surface area (Å²) in [6, 6.07) is 5.35. The van der Waals surface area contributed by atoms with Gasteiger partial charge < -0.3 is 19.4 Å². The number of anilines is 2. The van der Waals surface area contributed by atoms with Crippen LogP contribution in [0.5, 0.6) is 0 Å². The lowest BCUT2D eigenvalue weighted by molar-refractivity contribution is 0.122. The summed E-state index contributed by atoms with van der Waals surface area (Å²) >= 11 is 0. The fourth-order valence-corrected chi connectivity index (χ4v) is 4.42. The van der Waals surface area contributed by atoms with Crippen LogP contribution in [0.15, 0.2) is 42.9 Å². The Bertz CT molecular complexity index is 1410. The van der Waals surface area contributed by atoms with E-state index in [9.17, 15) is 8.78 Å². The van der Waals surface area contributed by atoms with Crippen molar-refractivity contribution in [1.82, 2.24) is 29.2 Å². The molecule has 1 unspecified atom stereocenters. The van der Waals surface area contributed by atoms with Crippen LogP contribution in [0.2, 0.25) is 0 Å². The van der Waals surface area contributed by atoms with E-state index in [4.69, 9.17) is 4.74 Å². The highest BCUT2D eigenvalue weighted by molar-refractivity contribution is 5.64. The molecule has 0 saturated carbocycles. The van der Waals surface area contributed by atoms with E-state index in [1.807, 2.05) is 30.8 Å². The van der Waals surface area contributed by atoms with E-state index < -0.39 is 23.5 Å². The van der Waals surface area contributed by atoms with Crippen LogP contribution in [-0.2, 0) is 4.74 Å². The summed E-state index contributed by atoms with van der Waals surface area (Å²) < 4.78 is 51.1. The first-order valence-corrected chi connectivity index (χ1v) is 12.4. The van der Waals surface area contributed by atoms with Gasteiger partial charge in [-0.1, -0.05) is 0 Å². The SMILES string of the molecule is CC(c1ccc(F)cn1)N(CCN(C)C)c1nc(-c2cnc3ccc(F)cn23)nc(N2CCOCC2)c1F. The maximum absolute atomic E-state index is 16.3. The lowest BCUT2D eigenvalue weighted by atomic mass is 10.1. The van der Waals surface area contributed by atoms with Crippen LogP contribution >= 0.6 is 0 Å². The number of likely N-dealkylation sites (N-methyl/N-ethyl adjacent to an activating group) is 1. The van der Waals surface area contributed by atoms with Gasteiger partial charge in [-0.3, -0.25) is 9.38 Å². The van der Waals surface area contributed by atoms with Gasteiger partial charge in [0.25, 0.3) is 0 Å². The maximum atomic E-state index is 16.3. The molecule has 0 aromatic carbocycles. The number of ether oxygens (including phenoxy) is 1. The zero-order chi connectivity index (χ0) is 26.8. The van der Waals surface area contributed by atoms with Crippen LogP contribution in [0.4, 0.5) is 24.8 Å². The Morgan fingerprint density at radius 1 is 0.947 bits per heavy atom. The molecule has 1 aliphatic rings. The van der Waals surface area contributed by atoms with Crippen LogP contribution in [-0.4, -0.2) is 82.7 Å². The number of hydrogen-bond donors (Lipinski definition) is 0. The summed E-state index contributed by atoms with van der Waals surface area (Å²) in [6.45, 7) is 4.67. The number of rotatable bonds is 8. The highest BCUT2D eigenvalue weighted by Gasteiger charge is 2.29. The van der Waals surface area contributed by atoms with Crippen molar-refractivity contribution in [2.24, 2.45) is 0 Å². The molecule has 200 valence electrons. The molecule has 1 saturated heterocycles. The predicted molar refractivity (Wildman–Crippen MR) is 138 cm³/mol. The topological polar surface area (TPSA) is 74.9 Å². The molecular formula is C26H29F3N8O. The minimum atomic E-state index is -0.580. The molecule has 0 aliphatic carbocycles. The third-order valence-electron chi connectivity index (χ3n) is 6.53. The van der Waals surface area contributed by atoms with Crippen molar-refractivity contribution in [1.29, 1.82) is 0 Å². The van der Waals surface area contributed by atoms with E-state index in [0.29, 0.717) is 56.4 Å². The Balaban J connectivity index is 1.68. The van der Waals surface area contributed by atoms with E-state index >= 15 is 4.39 Å². The van der Waals surface area contributed by atoms with Gasteiger partial charge in [0.2, 0.25) is 5.82 Å². The molecule has 5 heterocycles. The molecule has 0 N–H and O–H groups in total. The zero-order valence-electron chi connectivity index (χ0n) is 21.5. The van der Waals surface area contributed by atoms with Crippen molar-refractivity contribution < 1.29 is 17.9 Å². The van der Waals surface area contributed by atoms with Crippen molar-refractivity contribution in [3.8, 4) is 11.5 Å². The van der Waals surface area contributed by atoms with Gasteiger partial charge in [0.1, 0.15) is 23.0 Å². The van der Waals surface area contributed by atoms with Gasteiger partial charge in [-0.25, -0.2) is 23.7 Å². The Labute approximate surface area is 218 Å². The molecule has 4 aromatic rings. The van der Waals surface area contributed by atoms with Crippen molar-refractivity contribution in [3.05, 3.63) is 66.0 Å². The predicted octanol–water partition coefficient (Wildman–Crippen LogP) is 3.57. The number of nitrogens with zero attached hydrogens (tertiary/aromatic N) is 8. The quantitative estimate of drug-likeness (QED) is 0.345. The molecule has 9 nitrogen and oxygen atoms in total. The molecule has 5 rings (SSSR count). The molecule has 0 bridgehead atoms. The van der Waals surface area contributed by atoms with E-state index in [0.717, 1.165) is 6.20 Å². The van der Waals surface area contributed by atoms with Crippen molar-refractivity contribution in [2.45, 2.75) is 13.0 Å². The van der Waals surface area contributed by atoms with Crippen molar-refractivity contribution in [3.63, 3.8) is 0 Å². The Morgan fingerprint density at radius 2 is 1.71 bits per heavy atom. The van der Waals surface area contributed by atoms with Gasteiger partial charge >= 0.3 is 0 Å². The molecule has 1 atom stereocenters. The van der Waals surface area contributed by atoms with Gasteiger partial charge in [-0.05, 0) is 45.3 Å². The third kappa shape index (κ3) is 5.27. The van der Waals surface area contributed by atoms with Crippen LogP contribution in [0.1, 0.15) is 18.7 Å². The van der Waals surface area contributed by atoms with E-state index in [2.05, 4.69) is 19.9 Å². The average molecular weight is 527 g/mol. The second-order valence-corrected chi connectivity index (χ2v) is 9.40. The Hall–Kier alpha value is -3.77. The molecule has 0 amide bonds. The normalized spacial score (nSPS) is 14.9. The molecular weight excluding hydrogens is 497 g/mol. The molecule has 1 aliphatic heterocycles. The van der Waals surface area contributed by atoms with Crippen LogP contribution < -0.4 is 9.80 Å². The van der Waals surface area contributed by atoms with Crippen LogP contribution in [0.25, 0.3) is 17.2 Å². The van der Waals surface area contributed by atoms with E-state index in [1.54, 1.807) is 27.6 Å². The third-order valence-corrected chi connectivity index (χ3v) is 6.53. The fourth-order valence-electron chi connectivity index (χ4n) is 4.42. The first kappa shape index (κ1) is 25.9. The highest BCUT2D eigenvalue weighted by Crippen LogP contribution is 2.34. The number of morpholine rings is 1. The van der Waals surface area contributed by atoms with Crippen molar-refractivity contribution >= 4 is 17.3 Å². The lowest BCUT2D eigenvalue weighted by Gasteiger charge is -2.33. The monoisotopic (exact) mass is 526 g/mol. The summed E-state index contributed by atoms with van der Waals surface area (Å²) in [5, 5.41) is 0. The molecule has 0 radical (unpaired) electrons. The van der Waals surface area contributed by atoms with Gasteiger partial charge in [0.15, 0.2) is 17.5 Å². The van der Waals surface area contributed by atoms with Crippen molar-refractivity contribution in [2.75, 3.05) is 63.3 Å². The summed E-state index contributed by atoms with van der Waals surface area (Å²) in [5.74, 6) is -1.07. The molecule has 4 aromatic heterocycles. The van der Waals surface area contributed by atoms with Gasteiger partial charge in [0, 0.05) is 32.4 Å². The highest BCUT2D eigenvalue weighted by atomic mass is 19.1. The first-order chi connectivity index (χ1) is 18.3. The summed E-state index contributed by atoms with van der Waals surface area (Å²) in [4.78, 5) is 23.5. The van der Waals surface area contributed by atoms with Crippen LogP contribution in [0.3, 0.4) is 0 Å². The van der Waals surface area contributed by atoms with Gasteiger partial charge in [-0.15, -0.1) is 0 Å². The number of pyridine rings is 2. The standard InChI is InChI=1S/C26H29F3N8O/c1-17(20-6-4-18(27)14-30-20)36(9-8-34(2)3)26-23(29)25(35-10-12-38-13-11-35)32-24(33-26)21-15-31-22-7-5-19(28)16-37(21)22/h4-7,14-17H,8-13H2,1-3H3. The number of fused-ring (bicyclic) bond motifs is 1. The van der Waals surface area contributed by atoms with Crippen LogP contribution in [0, 0.1) is 17.5 Å². The Kier molecular flexibility index (Phi) is 7.43. The molecule has 1 fully saturated rings. The molecule has 12 heteroatoms. The van der Waals surface area contributed by atoms with E-state index in [-0.39, 0.29) is 17.5 Å². The number of imidazole rings is 1. The Morgan fingerprint density at radius 3 is 2.42 bits per heavy atom. The van der Waals surface area contributed by atoms with Gasteiger partial charge in [-0.2, -0.15) is 4.39 Å². The fraction of sp³-hybridized carbons (Fsp3) is 0.385. The molecule has 38 heavy (non-hydrogen) atoms. The van der Waals surface area contributed by atoms with E-state index in [1.165, 1.54) is 18.3 Å². The second kappa shape index (κ2) is 10.9. The molecule has 0 spiro atoms. The summed E-state index contributed by atoms with van der Waals surface area (Å²) in [7, 11) is 3.85. The second-order valence-electron chi connectivity index (χ2n) is 9.40. The average Bonchev–Trinajstić information content (AvgIpc) is 3.33. The summed E-state index contributed by atoms with van der Waals surface area (Å²) in [6.07, 6.45) is 3.99. The minimum Gasteiger partial charge on any atom is -0.378 e. The number of aromatic nitrogens is 5. The number of hydrogen-bond acceptors (Lipinski definition) is 8. The smallest absolute Gasteiger partial charge is 0.208 e. The first-order valence-electron chi connectivity index (χ1n) is 12.4. The number of halogens is 3. The minimum absolute atomic E-state index is 0.0725. The lowest BCUT2D eigenvalue weighted by Crippen LogP contribution is -2.39. The maximum Gasteiger partial charge on any atom is 0.208 e. The zero-order valence-corrected chi connectivity index (χ0v) is 21.5. The summed E-state index contributed by atoms with van der Waals surface area (Å²) in [5.41, 5.74) is 1.50. The van der Waals surface area contributed by atoms with Gasteiger partial charge in [0.05, 0.1) is 37.3 Å². The largest absolute Gasteiger partial charge is 0.378 e.